The molecule has 0 heterocycles. The molecule has 0 fully saturated rings. The molecule has 7 nitrogen and oxygen atoms in total. The van der Waals surface area contributed by atoms with Crippen molar-refractivity contribution in [2.24, 2.45) is 0 Å². The van der Waals surface area contributed by atoms with Gasteiger partial charge in [-0.2, -0.15) is 0 Å². The third kappa shape index (κ3) is 39.5. The molecular weight excluding hydrogens is 655 g/mol. The first-order valence-electron chi connectivity index (χ1n) is 22.4. The maximum absolute atomic E-state index is 12.6. The number of quaternary nitrogens is 1. The molecule has 0 radical (unpaired) electrons. The van der Waals surface area contributed by atoms with Crippen molar-refractivity contribution < 1.29 is 28.1 Å². The zero-order chi connectivity index (χ0) is 37.7. The van der Waals surface area contributed by atoms with Crippen molar-refractivity contribution in [1.82, 2.24) is 5.32 Å². The number of aliphatic hydroxyl groups is 1. The number of nitrogens with zero attached hydrogens (tertiary/aromatic N) is 1. The summed E-state index contributed by atoms with van der Waals surface area (Å²) in [7, 11) is 1.87. The van der Waals surface area contributed by atoms with Gasteiger partial charge in [-0.05, 0) is 19.4 Å². The summed E-state index contributed by atoms with van der Waals surface area (Å²) in [4.78, 5) is 10.3. The number of nitrogens with one attached hydrogen (secondary N) is 1. The van der Waals surface area contributed by atoms with Crippen molar-refractivity contribution in [3.05, 3.63) is 0 Å². The van der Waals surface area contributed by atoms with Crippen LogP contribution < -0.4 is 5.32 Å². The van der Waals surface area contributed by atoms with E-state index < -0.39 is 13.9 Å². The third-order valence-corrected chi connectivity index (χ3v) is 11.4. The summed E-state index contributed by atoms with van der Waals surface area (Å²) >= 11 is 0. The first-order valence-corrected chi connectivity index (χ1v) is 23.9. The van der Waals surface area contributed by atoms with Gasteiger partial charge in [0.1, 0.15) is 13.2 Å². The normalized spacial score (nSPS) is 14.6. The number of rotatable bonds is 42. The Morgan fingerprint density at radius 3 is 1.22 bits per heavy atom. The topological polar surface area (TPSA) is 88.0 Å². The van der Waals surface area contributed by atoms with Crippen molar-refractivity contribution in [3.8, 4) is 0 Å². The molecule has 0 aromatic rings. The molecule has 0 aliphatic rings. The summed E-state index contributed by atoms with van der Waals surface area (Å²) in [5, 5.41) is 14.5. The number of aliphatic hydroxyl groups excluding tert-OH is 1. The summed E-state index contributed by atoms with van der Waals surface area (Å²) in [5.41, 5.74) is 0. The van der Waals surface area contributed by atoms with Crippen LogP contribution in [0.1, 0.15) is 219 Å². The molecule has 0 bridgehead atoms. The summed E-state index contributed by atoms with van der Waals surface area (Å²) in [6, 6.07) is -0.379. The molecule has 3 N–H and O–H groups in total. The van der Waals surface area contributed by atoms with Gasteiger partial charge in [-0.3, -0.25) is 9.05 Å². The van der Waals surface area contributed by atoms with Crippen LogP contribution in [0.5, 0.6) is 0 Å². The lowest BCUT2D eigenvalue weighted by Gasteiger charge is -2.26. The highest BCUT2D eigenvalue weighted by Gasteiger charge is 2.27. The van der Waals surface area contributed by atoms with Crippen molar-refractivity contribution in [2.45, 2.75) is 231 Å². The van der Waals surface area contributed by atoms with E-state index in [1.165, 1.54) is 180 Å². The Kier molecular flexibility index (Phi) is 36.9. The third-order valence-electron chi connectivity index (χ3n) is 10.4. The molecule has 3 atom stereocenters. The fraction of sp³-hybridized carbons (Fsp3) is 1.00. The van der Waals surface area contributed by atoms with Crippen molar-refractivity contribution >= 4 is 7.82 Å². The van der Waals surface area contributed by atoms with Crippen molar-refractivity contribution in [2.75, 3.05) is 47.4 Å². The van der Waals surface area contributed by atoms with Crippen molar-refractivity contribution in [1.29, 1.82) is 0 Å². The Balaban J connectivity index is 4.17. The predicted octanol–water partition coefficient (Wildman–Crippen LogP) is 12.7. The highest BCUT2D eigenvalue weighted by molar-refractivity contribution is 7.47. The van der Waals surface area contributed by atoms with Gasteiger partial charge in [0, 0.05) is 0 Å². The molecule has 0 saturated heterocycles. The van der Waals surface area contributed by atoms with Crippen molar-refractivity contribution in [3.63, 3.8) is 0 Å². The molecule has 0 amide bonds. The highest BCUT2D eigenvalue weighted by Crippen LogP contribution is 2.43. The molecule has 1 unspecified atom stereocenters. The van der Waals surface area contributed by atoms with Gasteiger partial charge in [0.25, 0.3) is 0 Å². The van der Waals surface area contributed by atoms with E-state index in [9.17, 15) is 14.6 Å². The second kappa shape index (κ2) is 36.9. The standard InChI is InChI=1S/C43H91N2O5P/c1-6-8-10-12-14-16-18-20-21-22-23-24-26-28-30-32-34-36-38-44-42(41-50-51(47,48)49-40-39-45(3,4)5)43(46)37-35-33-31-29-27-25-19-17-15-13-11-9-7-2/h42-44,46H,6-41H2,1-5H3/p+1/t42-,43+/m1/s1. The van der Waals surface area contributed by atoms with Crippen LogP contribution in [0.2, 0.25) is 0 Å². The Labute approximate surface area is 319 Å². The second-order valence-corrected chi connectivity index (χ2v) is 18.2. The van der Waals surface area contributed by atoms with E-state index in [0.29, 0.717) is 17.4 Å². The summed E-state index contributed by atoms with van der Waals surface area (Å²) < 4.78 is 23.8. The van der Waals surface area contributed by atoms with E-state index in [0.717, 1.165) is 25.8 Å². The van der Waals surface area contributed by atoms with Crippen LogP contribution in [0, 0.1) is 0 Å². The lowest BCUT2D eigenvalue weighted by molar-refractivity contribution is -0.870. The van der Waals surface area contributed by atoms with E-state index in [-0.39, 0.29) is 19.3 Å². The number of hydrogen-bond donors (Lipinski definition) is 3. The highest BCUT2D eigenvalue weighted by atomic mass is 31.2. The summed E-state index contributed by atoms with van der Waals surface area (Å²) in [5.74, 6) is 0. The van der Waals surface area contributed by atoms with E-state index in [1.807, 2.05) is 21.1 Å². The Bertz CT molecular complexity index is 750. The van der Waals surface area contributed by atoms with Crippen LogP contribution in [-0.4, -0.2) is 74.1 Å². The zero-order valence-electron chi connectivity index (χ0n) is 35.1. The number of phosphoric ester groups is 1. The maximum Gasteiger partial charge on any atom is 0.472 e. The molecular formula is C43H92N2O5P+. The first-order chi connectivity index (χ1) is 24.6. The minimum absolute atomic E-state index is 0.0309. The minimum atomic E-state index is -4.17. The number of unbranched alkanes of at least 4 members (excludes halogenated alkanes) is 29. The van der Waals surface area contributed by atoms with E-state index in [2.05, 4.69) is 19.2 Å². The van der Waals surface area contributed by atoms with Crippen LogP contribution in [0.15, 0.2) is 0 Å². The fourth-order valence-electron chi connectivity index (χ4n) is 6.83. The average Bonchev–Trinajstić information content (AvgIpc) is 3.08. The SMILES string of the molecule is CCCCCCCCCCCCCCCCCCCCN[C@H](COP(=O)(O)OCC[N+](C)(C)C)[C@@H](O)CCCCCCCCCCCCCCC. The smallest absolute Gasteiger partial charge is 0.391 e. The largest absolute Gasteiger partial charge is 0.472 e. The van der Waals surface area contributed by atoms with Gasteiger partial charge in [-0.25, -0.2) is 4.57 Å². The van der Waals surface area contributed by atoms with Gasteiger partial charge in [0.2, 0.25) is 0 Å². The van der Waals surface area contributed by atoms with Crippen LogP contribution in [0.25, 0.3) is 0 Å². The summed E-state index contributed by atoms with van der Waals surface area (Å²) in [6.45, 7) is 6.06. The van der Waals surface area contributed by atoms with E-state index in [1.54, 1.807) is 0 Å². The first kappa shape index (κ1) is 51.0. The van der Waals surface area contributed by atoms with Gasteiger partial charge in [-0.1, -0.05) is 206 Å². The molecule has 0 aromatic heterocycles. The summed E-state index contributed by atoms with van der Waals surface area (Å²) in [6.07, 6.45) is 41.3. The van der Waals surface area contributed by atoms with Gasteiger partial charge in [0.15, 0.2) is 0 Å². The molecule has 308 valence electrons. The zero-order valence-corrected chi connectivity index (χ0v) is 36.0. The Morgan fingerprint density at radius 1 is 0.529 bits per heavy atom. The molecule has 0 aliphatic heterocycles. The van der Waals surface area contributed by atoms with E-state index >= 15 is 0 Å². The lowest BCUT2D eigenvalue weighted by atomic mass is 10.0. The van der Waals surface area contributed by atoms with Gasteiger partial charge >= 0.3 is 7.82 Å². The predicted molar refractivity (Wildman–Crippen MR) is 222 cm³/mol. The molecule has 0 saturated carbocycles. The second-order valence-electron chi connectivity index (χ2n) is 16.8. The molecule has 0 spiro atoms. The Morgan fingerprint density at radius 2 is 0.863 bits per heavy atom. The number of phosphoric acid groups is 1. The fourth-order valence-corrected chi connectivity index (χ4v) is 7.57. The van der Waals surface area contributed by atoms with Crippen LogP contribution >= 0.6 is 7.82 Å². The molecule has 0 aliphatic carbocycles. The molecule has 0 rings (SSSR count). The molecule has 0 aromatic carbocycles. The van der Waals surface area contributed by atoms with Crippen LogP contribution in [-0.2, 0) is 13.6 Å². The average molecular weight is 748 g/mol. The Hall–Kier alpha value is -0.0100. The number of hydrogen-bond acceptors (Lipinski definition) is 5. The molecule has 51 heavy (non-hydrogen) atoms. The van der Waals surface area contributed by atoms with Crippen LogP contribution in [0.3, 0.4) is 0 Å². The van der Waals surface area contributed by atoms with Gasteiger partial charge in [0.05, 0.1) is 39.9 Å². The lowest BCUT2D eigenvalue weighted by Crippen LogP contribution is -2.43. The molecule has 8 heteroatoms. The monoisotopic (exact) mass is 748 g/mol. The van der Waals surface area contributed by atoms with Crippen LogP contribution in [0.4, 0.5) is 0 Å². The quantitative estimate of drug-likeness (QED) is 0.0327. The number of likely N-dealkylation sites (N-methyl/N-ethyl adjacent to an activating group) is 1. The minimum Gasteiger partial charge on any atom is -0.391 e. The van der Waals surface area contributed by atoms with Gasteiger partial charge < -0.3 is 19.8 Å². The van der Waals surface area contributed by atoms with E-state index in [4.69, 9.17) is 9.05 Å². The van der Waals surface area contributed by atoms with Gasteiger partial charge in [-0.15, -0.1) is 0 Å². The maximum atomic E-state index is 12.6.